The lowest BCUT2D eigenvalue weighted by Crippen LogP contribution is -2.37. The van der Waals surface area contributed by atoms with Crippen LogP contribution in [0.3, 0.4) is 0 Å². The molecule has 2 aromatic carbocycles. The van der Waals surface area contributed by atoms with E-state index in [1.807, 2.05) is 30.3 Å². The summed E-state index contributed by atoms with van der Waals surface area (Å²) in [7, 11) is 0. The normalized spacial score (nSPS) is 11.6. The van der Waals surface area contributed by atoms with E-state index in [-0.39, 0.29) is 12.5 Å². The molecule has 0 radical (unpaired) electrons. The average molecular weight is 408 g/mol. The van der Waals surface area contributed by atoms with Crippen molar-refractivity contribution in [3.05, 3.63) is 60.3 Å². The van der Waals surface area contributed by atoms with E-state index in [0.717, 1.165) is 5.56 Å². The topological polar surface area (TPSA) is 132 Å². The Bertz CT molecular complexity index is 1100. The molecule has 1 aliphatic heterocycles. The first-order chi connectivity index (χ1) is 14.6. The van der Waals surface area contributed by atoms with Gasteiger partial charge in [0.1, 0.15) is 5.69 Å². The van der Waals surface area contributed by atoms with Crippen LogP contribution in [0.1, 0.15) is 10.5 Å². The van der Waals surface area contributed by atoms with Gasteiger partial charge in [-0.3, -0.25) is 15.2 Å². The smallest absolute Gasteiger partial charge is 0.356 e. The Kier molecular flexibility index (Phi) is 5.29. The predicted octanol–water partition coefficient (Wildman–Crippen LogP) is 2.31. The van der Waals surface area contributed by atoms with E-state index in [2.05, 4.69) is 20.8 Å². The number of hydrogen-bond acceptors (Lipinski definition) is 7. The van der Waals surface area contributed by atoms with E-state index in [9.17, 15) is 14.4 Å². The van der Waals surface area contributed by atoms with Gasteiger partial charge in [-0.25, -0.2) is 9.59 Å². The van der Waals surface area contributed by atoms with Gasteiger partial charge < -0.3 is 19.5 Å². The third-order valence-electron chi connectivity index (χ3n) is 4.09. The zero-order chi connectivity index (χ0) is 20.9. The molecule has 1 aromatic heterocycles. The van der Waals surface area contributed by atoms with Crippen LogP contribution in [-0.4, -0.2) is 41.5 Å². The minimum absolute atomic E-state index is 0.0893. The van der Waals surface area contributed by atoms with Crippen LogP contribution in [0.4, 0.5) is 10.5 Å². The van der Waals surface area contributed by atoms with Gasteiger partial charge in [-0.1, -0.05) is 30.3 Å². The number of fused-ring (bicyclic) bond motifs is 1. The maximum absolute atomic E-state index is 12.1. The molecule has 3 N–H and O–H groups in total. The summed E-state index contributed by atoms with van der Waals surface area (Å²) in [5.41, 5.74) is 1.89. The van der Waals surface area contributed by atoms with Gasteiger partial charge in [0.05, 0.1) is 5.69 Å². The summed E-state index contributed by atoms with van der Waals surface area (Å²) in [5.74, 6) is -0.499. The molecule has 10 heteroatoms. The quantitative estimate of drug-likeness (QED) is 0.552. The molecule has 0 aliphatic carbocycles. The largest absolute Gasteiger partial charge is 0.454 e. The van der Waals surface area contributed by atoms with Gasteiger partial charge in [0.15, 0.2) is 18.1 Å². The summed E-state index contributed by atoms with van der Waals surface area (Å²) in [5, 5.41) is 11.2. The molecule has 3 amide bonds. The fourth-order valence-corrected chi connectivity index (χ4v) is 2.69. The lowest BCUT2D eigenvalue weighted by Gasteiger charge is -2.07. The molecule has 152 valence electrons. The number of carbonyl (C=O) groups excluding carboxylic acids is 3. The first-order valence-corrected chi connectivity index (χ1v) is 8.87. The highest BCUT2D eigenvalue weighted by molar-refractivity contribution is 6.02. The molecular formula is C20H16N4O6. The van der Waals surface area contributed by atoms with Crippen LogP contribution in [0.25, 0.3) is 11.3 Å². The number of H-pyrrole nitrogens is 1. The van der Waals surface area contributed by atoms with Crippen molar-refractivity contribution in [2.24, 2.45) is 0 Å². The number of nitrogens with zero attached hydrogens (tertiary/aromatic N) is 1. The molecule has 0 unspecified atom stereocenters. The number of carbonyl (C=O) groups is 3. The molecule has 0 fully saturated rings. The fraction of sp³-hybridized carbons (Fsp3) is 0.100. The SMILES string of the molecule is O=C(COC(=O)c1cc(-c2ccccc2)n[nH]1)NC(=O)Nc1ccc2c(c1)OCO2. The van der Waals surface area contributed by atoms with E-state index >= 15 is 0 Å². The molecule has 2 heterocycles. The van der Waals surface area contributed by atoms with Crippen LogP contribution in [-0.2, 0) is 9.53 Å². The predicted molar refractivity (Wildman–Crippen MR) is 104 cm³/mol. The molecule has 0 atom stereocenters. The van der Waals surface area contributed by atoms with Crippen LogP contribution in [0.5, 0.6) is 11.5 Å². The van der Waals surface area contributed by atoms with Crippen LogP contribution in [0.2, 0.25) is 0 Å². The second-order valence-corrected chi connectivity index (χ2v) is 6.18. The Morgan fingerprint density at radius 3 is 2.67 bits per heavy atom. The maximum Gasteiger partial charge on any atom is 0.356 e. The highest BCUT2D eigenvalue weighted by atomic mass is 16.7. The first kappa shape index (κ1) is 19.0. The zero-order valence-corrected chi connectivity index (χ0v) is 15.5. The number of nitrogens with one attached hydrogen (secondary N) is 3. The fourth-order valence-electron chi connectivity index (χ4n) is 2.69. The van der Waals surface area contributed by atoms with Crippen molar-refractivity contribution in [1.29, 1.82) is 0 Å². The van der Waals surface area contributed by atoms with Gasteiger partial charge in [-0.2, -0.15) is 5.10 Å². The second kappa shape index (κ2) is 8.35. The van der Waals surface area contributed by atoms with E-state index in [0.29, 0.717) is 22.9 Å². The van der Waals surface area contributed by atoms with Crippen LogP contribution in [0, 0.1) is 0 Å². The standard InChI is InChI=1S/C20H16N4O6/c25-18(22-20(27)21-13-6-7-16-17(8-13)30-11-29-16)10-28-19(26)15-9-14(23-24-15)12-4-2-1-3-5-12/h1-9H,10-11H2,(H,23,24)(H2,21,22,25,27). The number of hydrogen-bond donors (Lipinski definition) is 3. The summed E-state index contributed by atoms with van der Waals surface area (Å²) >= 11 is 0. The van der Waals surface area contributed by atoms with Gasteiger partial charge >= 0.3 is 12.0 Å². The number of urea groups is 1. The van der Waals surface area contributed by atoms with Crippen molar-refractivity contribution < 1.29 is 28.6 Å². The Morgan fingerprint density at radius 2 is 1.83 bits per heavy atom. The van der Waals surface area contributed by atoms with Gasteiger partial charge in [0.2, 0.25) is 6.79 Å². The molecule has 1 aliphatic rings. The van der Waals surface area contributed by atoms with Crippen molar-refractivity contribution in [2.45, 2.75) is 0 Å². The summed E-state index contributed by atoms with van der Waals surface area (Å²) in [6.07, 6.45) is 0. The summed E-state index contributed by atoms with van der Waals surface area (Å²) in [4.78, 5) is 35.9. The molecule has 0 spiro atoms. The van der Waals surface area contributed by atoms with E-state index in [1.165, 1.54) is 6.07 Å². The number of aromatic nitrogens is 2. The number of benzene rings is 2. The maximum atomic E-state index is 12.1. The third-order valence-corrected chi connectivity index (χ3v) is 4.09. The lowest BCUT2D eigenvalue weighted by atomic mass is 10.1. The number of aromatic amines is 1. The highest BCUT2D eigenvalue weighted by Crippen LogP contribution is 2.34. The molecular weight excluding hydrogens is 392 g/mol. The van der Waals surface area contributed by atoms with Gasteiger partial charge in [-0.05, 0) is 18.2 Å². The third kappa shape index (κ3) is 4.38. The molecule has 0 saturated heterocycles. The molecule has 4 rings (SSSR count). The molecule has 3 aromatic rings. The average Bonchev–Trinajstić information content (AvgIpc) is 3.42. The highest BCUT2D eigenvalue weighted by Gasteiger charge is 2.17. The van der Waals surface area contributed by atoms with Gasteiger partial charge in [-0.15, -0.1) is 0 Å². The van der Waals surface area contributed by atoms with Crippen LogP contribution >= 0.6 is 0 Å². The van der Waals surface area contributed by atoms with E-state index < -0.39 is 24.5 Å². The summed E-state index contributed by atoms with van der Waals surface area (Å²) in [6.45, 7) is -0.523. The minimum Gasteiger partial charge on any atom is -0.454 e. The molecule has 30 heavy (non-hydrogen) atoms. The van der Waals surface area contributed by atoms with Crippen molar-refractivity contribution in [2.75, 3.05) is 18.7 Å². The first-order valence-electron chi connectivity index (χ1n) is 8.87. The Morgan fingerprint density at radius 1 is 1.03 bits per heavy atom. The lowest BCUT2D eigenvalue weighted by molar-refractivity contribution is -0.123. The molecule has 10 nitrogen and oxygen atoms in total. The Hall–Kier alpha value is -4.34. The Labute approximate surface area is 170 Å². The monoisotopic (exact) mass is 408 g/mol. The minimum atomic E-state index is -0.788. The van der Waals surface area contributed by atoms with Crippen molar-refractivity contribution in [3.63, 3.8) is 0 Å². The van der Waals surface area contributed by atoms with Crippen LogP contribution < -0.4 is 20.1 Å². The molecule has 0 bridgehead atoms. The van der Waals surface area contributed by atoms with Crippen molar-refractivity contribution in [1.82, 2.24) is 15.5 Å². The number of ether oxygens (including phenoxy) is 3. The second-order valence-electron chi connectivity index (χ2n) is 6.18. The zero-order valence-electron chi connectivity index (χ0n) is 15.5. The number of anilines is 1. The summed E-state index contributed by atoms with van der Waals surface area (Å²) in [6, 6.07) is 14.8. The number of imide groups is 1. The van der Waals surface area contributed by atoms with E-state index in [4.69, 9.17) is 14.2 Å². The molecule has 0 saturated carbocycles. The van der Waals surface area contributed by atoms with Crippen molar-refractivity contribution in [3.8, 4) is 22.8 Å². The van der Waals surface area contributed by atoms with Gasteiger partial charge in [0.25, 0.3) is 5.91 Å². The number of esters is 1. The summed E-state index contributed by atoms with van der Waals surface area (Å²) < 4.78 is 15.3. The Balaban J connectivity index is 1.26. The number of rotatable bonds is 5. The van der Waals surface area contributed by atoms with Crippen LogP contribution in [0.15, 0.2) is 54.6 Å². The number of amides is 3. The van der Waals surface area contributed by atoms with E-state index in [1.54, 1.807) is 18.2 Å². The van der Waals surface area contributed by atoms with Gasteiger partial charge in [0, 0.05) is 17.3 Å². The van der Waals surface area contributed by atoms with Crippen molar-refractivity contribution >= 4 is 23.6 Å².